The van der Waals surface area contributed by atoms with Crippen molar-refractivity contribution in [2.75, 3.05) is 13.2 Å². The van der Waals surface area contributed by atoms with Gasteiger partial charge in [-0.3, -0.25) is 4.79 Å². The molecule has 9 nitrogen and oxygen atoms in total. The summed E-state index contributed by atoms with van der Waals surface area (Å²) in [7, 11) is 0. The Morgan fingerprint density at radius 3 is 2.68 bits per heavy atom. The fourth-order valence-electron chi connectivity index (χ4n) is 2.70. The summed E-state index contributed by atoms with van der Waals surface area (Å²) in [6, 6.07) is 5.67. The molecule has 3 rings (SSSR count). The van der Waals surface area contributed by atoms with Crippen LogP contribution in [-0.4, -0.2) is 44.7 Å². The zero-order valence-electron chi connectivity index (χ0n) is 15.7. The van der Waals surface area contributed by atoms with Crippen molar-refractivity contribution in [3.63, 3.8) is 0 Å². The minimum absolute atomic E-state index is 0.00508. The van der Waals surface area contributed by atoms with Crippen LogP contribution < -0.4 is 0 Å². The largest absolute Gasteiger partial charge is 0.462 e. The van der Waals surface area contributed by atoms with E-state index in [0.717, 1.165) is 10.9 Å². The number of nitrogens with zero attached hydrogens (tertiary/aromatic N) is 5. The van der Waals surface area contributed by atoms with Crippen molar-refractivity contribution in [3.05, 3.63) is 47.6 Å². The molecule has 3 aromatic rings. The van der Waals surface area contributed by atoms with Crippen molar-refractivity contribution >= 4 is 28.7 Å². The van der Waals surface area contributed by atoms with Crippen LogP contribution in [0, 0.1) is 6.57 Å². The first-order valence-corrected chi connectivity index (χ1v) is 8.66. The molecule has 144 valence electrons. The number of fused-ring (bicyclic) bond motifs is 1. The monoisotopic (exact) mass is 381 g/mol. The van der Waals surface area contributed by atoms with Crippen LogP contribution >= 0.6 is 0 Å². The zero-order chi connectivity index (χ0) is 20.3. The number of rotatable bonds is 6. The summed E-state index contributed by atoms with van der Waals surface area (Å²) in [4.78, 5) is 26.3. The Morgan fingerprint density at radius 2 is 2.00 bits per heavy atom. The van der Waals surface area contributed by atoms with Crippen LogP contribution in [0.4, 0.5) is 5.82 Å². The fourth-order valence-corrected chi connectivity index (χ4v) is 2.70. The average molecular weight is 381 g/mol. The predicted molar refractivity (Wildman–Crippen MR) is 100 cm³/mol. The molecule has 0 aliphatic heterocycles. The Morgan fingerprint density at radius 1 is 1.25 bits per heavy atom. The number of carbonyl (C=O) groups excluding carboxylic acids is 2. The van der Waals surface area contributed by atoms with Gasteiger partial charge in [-0.2, -0.15) is 9.78 Å². The van der Waals surface area contributed by atoms with Crippen molar-refractivity contribution in [2.45, 2.75) is 26.8 Å². The first-order valence-electron chi connectivity index (χ1n) is 8.66. The Balaban J connectivity index is 1.81. The summed E-state index contributed by atoms with van der Waals surface area (Å²) in [6.07, 6.45) is 2.94. The van der Waals surface area contributed by atoms with Crippen LogP contribution in [0.5, 0.6) is 0 Å². The smallest absolute Gasteiger partial charge is 0.341 e. The standard InChI is InChI=1S/C19H19N5O4/c1-12(2)24-17-6-5-15(9-16(17)18(20-4)22-24)23-11-14(10-21-23)19(26)28-8-7-27-13(3)25/h5-6,9-12H,7-8H2,1-3H3. The van der Waals surface area contributed by atoms with Gasteiger partial charge in [-0.05, 0) is 37.1 Å². The molecule has 0 fully saturated rings. The Bertz CT molecular complexity index is 1070. The van der Waals surface area contributed by atoms with Gasteiger partial charge in [-0.25, -0.2) is 9.48 Å². The number of hydrogen-bond donors (Lipinski definition) is 0. The number of aromatic nitrogens is 4. The highest BCUT2D eigenvalue weighted by Gasteiger charge is 2.17. The summed E-state index contributed by atoms with van der Waals surface area (Å²) in [6.45, 7) is 12.6. The van der Waals surface area contributed by atoms with Gasteiger partial charge in [0.25, 0.3) is 0 Å². The Hall–Kier alpha value is -3.67. The van der Waals surface area contributed by atoms with Crippen molar-refractivity contribution in [1.82, 2.24) is 19.6 Å². The van der Waals surface area contributed by atoms with E-state index in [9.17, 15) is 9.59 Å². The molecule has 0 atom stereocenters. The average Bonchev–Trinajstić information content (AvgIpc) is 3.29. The molecule has 0 unspecified atom stereocenters. The van der Waals surface area contributed by atoms with Crippen molar-refractivity contribution < 1.29 is 19.1 Å². The maximum atomic E-state index is 12.1. The maximum Gasteiger partial charge on any atom is 0.341 e. The van der Waals surface area contributed by atoms with Gasteiger partial charge in [0.15, 0.2) is 0 Å². The van der Waals surface area contributed by atoms with E-state index in [1.807, 2.05) is 36.7 Å². The highest BCUT2D eigenvalue weighted by molar-refractivity contribution is 5.92. The normalized spacial score (nSPS) is 10.8. The summed E-state index contributed by atoms with van der Waals surface area (Å²) < 4.78 is 13.1. The molecule has 0 aliphatic rings. The molecule has 0 spiro atoms. The van der Waals surface area contributed by atoms with Crippen LogP contribution in [0.1, 0.15) is 37.2 Å². The second kappa shape index (κ2) is 7.92. The number of carbonyl (C=O) groups is 2. The minimum Gasteiger partial charge on any atom is -0.462 e. The summed E-state index contributed by atoms with van der Waals surface area (Å²) >= 11 is 0. The molecule has 0 N–H and O–H groups in total. The van der Waals surface area contributed by atoms with E-state index in [1.165, 1.54) is 17.8 Å². The number of hydrogen-bond acceptors (Lipinski definition) is 6. The topological polar surface area (TPSA) is 92.6 Å². The van der Waals surface area contributed by atoms with Crippen LogP contribution in [0.2, 0.25) is 0 Å². The lowest BCUT2D eigenvalue weighted by Gasteiger charge is -2.05. The van der Waals surface area contributed by atoms with E-state index < -0.39 is 11.9 Å². The first kappa shape index (κ1) is 19.1. The van der Waals surface area contributed by atoms with Gasteiger partial charge in [0.2, 0.25) is 0 Å². The van der Waals surface area contributed by atoms with E-state index in [1.54, 1.807) is 6.20 Å². The van der Waals surface area contributed by atoms with E-state index in [0.29, 0.717) is 11.5 Å². The summed E-state index contributed by atoms with van der Waals surface area (Å²) in [5.41, 5.74) is 1.83. The first-order chi connectivity index (χ1) is 13.4. The van der Waals surface area contributed by atoms with Gasteiger partial charge in [-0.1, -0.05) is 6.57 Å². The lowest BCUT2D eigenvalue weighted by atomic mass is 10.2. The van der Waals surface area contributed by atoms with Crippen molar-refractivity contribution in [3.8, 4) is 5.69 Å². The molecular formula is C19H19N5O4. The van der Waals surface area contributed by atoms with Gasteiger partial charge in [0.05, 0.1) is 29.0 Å². The van der Waals surface area contributed by atoms with Gasteiger partial charge in [0, 0.05) is 18.5 Å². The molecular weight excluding hydrogens is 362 g/mol. The van der Waals surface area contributed by atoms with E-state index in [4.69, 9.17) is 16.0 Å². The van der Waals surface area contributed by atoms with Gasteiger partial charge < -0.3 is 14.3 Å². The molecule has 0 saturated heterocycles. The second-order valence-electron chi connectivity index (χ2n) is 6.32. The molecule has 0 radical (unpaired) electrons. The minimum atomic E-state index is -0.561. The highest BCUT2D eigenvalue weighted by Crippen LogP contribution is 2.29. The Labute approximate surface area is 161 Å². The van der Waals surface area contributed by atoms with Gasteiger partial charge in [0.1, 0.15) is 13.2 Å². The molecule has 0 saturated carbocycles. The number of esters is 2. The van der Waals surface area contributed by atoms with E-state index in [2.05, 4.69) is 15.0 Å². The predicted octanol–water partition coefficient (Wildman–Crippen LogP) is 3.07. The maximum absolute atomic E-state index is 12.1. The molecule has 1 aromatic carbocycles. The molecule has 28 heavy (non-hydrogen) atoms. The quantitative estimate of drug-likeness (QED) is 0.370. The fraction of sp³-hybridized carbons (Fsp3) is 0.316. The molecule has 0 aliphatic carbocycles. The van der Waals surface area contributed by atoms with Crippen molar-refractivity contribution in [2.24, 2.45) is 0 Å². The highest BCUT2D eigenvalue weighted by atomic mass is 16.6. The van der Waals surface area contributed by atoms with Gasteiger partial charge >= 0.3 is 17.8 Å². The number of ether oxygens (including phenoxy) is 2. The lowest BCUT2D eigenvalue weighted by Crippen LogP contribution is -2.12. The zero-order valence-corrected chi connectivity index (χ0v) is 15.7. The van der Waals surface area contributed by atoms with Crippen LogP contribution in [0.25, 0.3) is 21.4 Å². The molecule has 2 heterocycles. The third-order valence-electron chi connectivity index (χ3n) is 3.97. The summed E-state index contributed by atoms with van der Waals surface area (Å²) in [5, 5.41) is 9.27. The van der Waals surface area contributed by atoms with Crippen LogP contribution in [0.15, 0.2) is 30.6 Å². The van der Waals surface area contributed by atoms with E-state index >= 15 is 0 Å². The van der Waals surface area contributed by atoms with Gasteiger partial charge in [-0.15, -0.1) is 0 Å². The van der Waals surface area contributed by atoms with Crippen LogP contribution in [-0.2, 0) is 14.3 Å². The second-order valence-corrected chi connectivity index (χ2v) is 6.32. The lowest BCUT2D eigenvalue weighted by molar-refractivity contribution is -0.142. The molecule has 2 aromatic heterocycles. The molecule has 0 bridgehead atoms. The van der Waals surface area contributed by atoms with E-state index in [-0.39, 0.29) is 24.8 Å². The summed E-state index contributed by atoms with van der Waals surface area (Å²) in [5.74, 6) is -0.671. The molecule has 0 amide bonds. The Kier molecular flexibility index (Phi) is 5.40. The third kappa shape index (κ3) is 3.86. The van der Waals surface area contributed by atoms with Crippen molar-refractivity contribution in [1.29, 1.82) is 0 Å². The number of benzene rings is 1. The third-order valence-corrected chi connectivity index (χ3v) is 3.97. The SMILES string of the molecule is [C-]#[N+]c1nn(C(C)C)c2ccc(-n3cc(C(=O)OCCOC(C)=O)cn3)cc12. The molecule has 9 heteroatoms. The van der Waals surface area contributed by atoms with Crippen LogP contribution in [0.3, 0.4) is 0 Å².